The highest BCUT2D eigenvalue weighted by Gasteiger charge is 2.34. The summed E-state index contributed by atoms with van der Waals surface area (Å²) in [5, 5.41) is 0. The highest BCUT2D eigenvalue weighted by atomic mass is 79.9. The number of aromatic amines is 1. The minimum Gasteiger partial charge on any atom is -0.326 e. The lowest BCUT2D eigenvalue weighted by Crippen LogP contribution is -2.30. The number of carbonyl (C=O) groups excluding carboxylic acids is 1. The molecule has 1 amide bonds. The number of carbonyl (C=O) groups is 1. The summed E-state index contributed by atoms with van der Waals surface area (Å²) in [6.45, 7) is 0.0154. The fraction of sp³-hybridized carbons (Fsp3) is 0.400. The molecule has 9 heteroatoms. The molecule has 1 saturated heterocycles. The second-order valence-corrected chi connectivity index (χ2v) is 6.64. The van der Waals surface area contributed by atoms with Gasteiger partial charge in [-0.1, -0.05) is 0 Å². The van der Waals surface area contributed by atoms with Crippen molar-refractivity contribution in [2.75, 3.05) is 17.2 Å². The zero-order valence-corrected chi connectivity index (χ0v) is 12.0. The lowest BCUT2D eigenvalue weighted by Gasteiger charge is -2.15. The van der Waals surface area contributed by atoms with Crippen LogP contribution in [0.4, 0.5) is 9.57 Å². The summed E-state index contributed by atoms with van der Waals surface area (Å²) < 4.78 is 34.4. The highest BCUT2D eigenvalue weighted by Crippen LogP contribution is 2.25. The Bertz CT molecular complexity index is 672. The number of hydrogen-bond acceptors (Lipinski definition) is 4. The average molecular weight is 353 g/mol. The van der Waals surface area contributed by atoms with Crippen molar-refractivity contribution in [1.82, 2.24) is 4.98 Å². The van der Waals surface area contributed by atoms with Gasteiger partial charge in [0.25, 0.3) is 5.56 Å². The number of pyridine rings is 1. The third-order valence-electron chi connectivity index (χ3n) is 2.78. The summed E-state index contributed by atoms with van der Waals surface area (Å²) in [4.78, 5) is 27.0. The van der Waals surface area contributed by atoms with Gasteiger partial charge in [-0.3, -0.25) is 9.59 Å². The lowest BCUT2D eigenvalue weighted by atomic mass is 10.1. The van der Waals surface area contributed by atoms with Gasteiger partial charge in [0.2, 0.25) is 5.91 Å². The molecule has 1 fully saturated rings. The second kappa shape index (κ2) is 5.04. The zero-order valence-electron chi connectivity index (χ0n) is 9.60. The molecule has 104 valence electrons. The first-order chi connectivity index (χ1) is 8.76. The van der Waals surface area contributed by atoms with Crippen LogP contribution in [0.1, 0.15) is 6.42 Å². The van der Waals surface area contributed by atoms with Crippen LogP contribution in [0.25, 0.3) is 0 Å². The summed E-state index contributed by atoms with van der Waals surface area (Å²) in [6, 6.07) is 1.46. The van der Waals surface area contributed by atoms with Crippen molar-refractivity contribution in [3.63, 3.8) is 0 Å². The van der Waals surface area contributed by atoms with Crippen LogP contribution >= 0.6 is 15.9 Å². The fourth-order valence-corrected chi connectivity index (χ4v) is 3.17. The summed E-state index contributed by atoms with van der Waals surface area (Å²) in [5.74, 6) is -1.74. The van der Waals surface area contributed by atoms with Crippen molar-refractivity contribution in [2.24, 2.45) is 5.92 Å². The molecule has 1 atom stereocenters. The molecule has 1 aromatic heterocycles. The van der Waals surface area contributed by atoms with Gasteiger partial charge in [0.15, 0.2) is 0 Å². The molecule has 0 spiro atoms. The maximum absolute atomic E-state index is 12.6. The Hall–Kier alpha value is -1.22. The first kappa shape index (κ1) is 14.2. The third-order valence-corrected chi connectivity index (χ3v) is 4.11. The van der Waals surface area contributed by atoms with E-state index >= 15 is 0 Å². The maximum Gasteiger partial charge on any atom is 0.302 e. The highest BCUT2D eigenvalue weighted by molar-refractivity contribution is 9.10. The zero-order chi connectivity index (χ0) is 14.2. The maximum atomic E-state index is 12.6. The van der Waals surface area contributed by atoms with Gasteiger partial charge in [0, 0.05) is 29.6 Å². The Labute approximate surface area is 117 Å². The minimum atomic E-state index is -4.63. The number of anilines is 1. The molecule has 1 aliphatic heterocycles. The van der Waals surface area contributed by atoms with Crippen LogP contribution in [-0.4, -0.2) is 31.6 Å². The summed E-state index contributed by atoms with van der Waals surface area (Å²) >= 11 is 3.16. The topological polar surface area (TPSA) is 87.3 Å². The van der Waals surface area contributed by atoms with E-state index in [0.717, 1.165) is 0 Å². The van der Waals surface area contributed by atoms with Crippen molar-refractivity contribution in [3.8, 4) is 0 Å². The van der Waals surface area contributed by atoms with Gasteiger partial charge in [0.05, 0.1) is 5.75 Å². The molecule has 1 aliphatic rings. The molecule has 1 unspecified atom stereocenters. The molecule has 0 aliphatic carbocycles. The van der Waals surface area contributed by atoms with E-state index in [1.807, 2.05) is 0 Å². The quantitative estimate of drug-likeness (QED) is 0.814. The van der Waals surface area contributed by atoms with Gasteiger partial charge in [-0.15, -0.1) is 3.89 Å². The van der Waals surface area contributed by atoms with Gasteiger partial charge in [-0.2, -0.15) is 8.42 Å². The molecular weight excluding hydrogens is 343 g/mol. The van der Waals surface area contributed by atoms with Gasteiger partial charge in [-0.05, 0) is 22.0 Å². The summed E-state index contributed by atoms with van der Waals surface area (Å²) in [6.07, 6.45) is 1.34. The van der Waals surface area contributed by atoms with Gasteiger partial charge in [0.1, 0.15) is 5.69 Å². The SMILES string of the molecule is O=C1CC(CS(=O)(=O)F)CN1c1cc(Br)c[nH]c1=O. The number of hydrogen-bond donors (Lipinski definition) is 1. The van der Waals surface area contributed by atoms with Crippen LogP contribution in [0.5, 0.6) is 0 Å². The van der Waals surface area contributed by atoms with E-state index in [0.29, 0.717) is 4.47 Å². The van der Waals surface area contributed by atoms with E-state index in [4.69, 9.17) is 0 Å². The number of H-pyrrole nitrogens is 1. The van der Waals surface area contributed by atoms with Crippen molar-refractivity contribution >= 4 is 37.7 Å². The van der Waals surface area contributed by atoms with Crippen molar-refractivity contribution in [1.29, 1.82) is 0 Å². The van der Waals surface area contributed by atoms with E-state index in [2.05, 4.69) is 20.9 Å². The van der Waals surface area contributed by atoms with E-state index in [-0.39, 0.29) is 18.7 Å². The Kier molecular flexibility index (Phi) is 3.77. The molecule has 0 radical (unpaired) electrons. The van der Waals surface area contributed by atoms with Gasteiger partial charge < -0.3 is 9.88 Å². The normalized spacial score (nSPS) is 20.0. The van der Waals surface area contributed by atoms with Crippen LogP contribution in [0.3, 0.4) is 0 Å². The van der Waals surface area contributed by atoms with Crippen LogP contribution in [-0.2, 0) is 15.0 Å². The minimum absolute atomic E-state index is 0.0154. The number of amides is 1. The van der Waals surface area contributed by atoms with E-state index < -0.39 is 33.4 Å². The van der Waals surface area contributed by atoms with Crippen molar-refractivity contribution < 1.29 is 17.1 Å². The molecule has 6 nitrogen and oxygen atoms in total. The Morgan fingerprint density at radius 3 is 2.79 bits per heavy atom. The average Bonchev–Trinajstić information content (AvgIpc) is 2.60. The largest absolute Gasteiger partial charge is 0.326 e. The standard InChI is InChI=1S/C10H10BrFN2O4S/c11-7-2-8(10(16)13-3-7)14-4-6(1-9(14)15)5-19(12,17)18/h2-3,6H,1,4-5H2,(H,13,16). The number of aromatic nitrogens is 1. The molecule has 0 bridgehead atoms. The van der Waals surface area contributed by atoms with Gasteiger partial charge in [-0.25, -0.2) is 0 Å². The van der Waals surface area contributed by atoms with Crippen LogP contribution < -0.4 is 10.5 Å². The van der Waals surface area contributed by atoms with E-state index in [9.17, 15) is 21.9 Å². The number of halogens is 2. The number of nitrogens with one attached hydrogen (secondary N) is 1. The lowest BCUT2D eigenvalue weighted by molar-refractivity contribution is -0.117. The summed E-state index contributed by atoms with van der Waals surface area (Å²) in [7, 11) is -4.63. The van der Waals surface area contributed by atoms with E-state index in [1.165, 1.54) is 17.2 Å². The second-order valence-electron chi connectivity index (χ2n) is 4.31. The summed E-state index contributed by atoms with van der Waals surface area (Å²) in [5.41, 5.74) is -0.335. The molecule has 1 aromatic rings. The first-order valence-electron chi connectivity index (χ1n) is 5.37. The Morgan fingerprint density at radius 2 is 2.16 bits per heavy atom. The third kappa shape index (κ3) is 3.41. The number of rotatable bonds is 3. The van der Waals surface area contributed by atoms with E-state index in [1.54, 1.807) is 0 Å². The van der Waals surface area contributed by atoms with Gasteiger partial charge >= 0.3 is 10.2 Å². The molecule has 0 saturated carbocycles. The Morgan fingerprint density at radius 1 is 1.47 bits per heavy atom. The predicted octanol–water partition coefficient (Wildman–Crippen LogP) is 0.790. The molecule has 2 heterocycles. The first-order valence-corrected chi connectivity index (χ1v) is 7.72. The van der Waals surface area contributed by atoms with Crippen LogP contribution in [0.15, 0.2) is 21.5 Å². The Balaban J connectivity index is 2.25. The fourth-order valence-electron chi connectivity index (χ4n) is 2.05. The monoisotopic (exact) mass is 352 g/mol. The predicted molar refractivity (Wildman–Crippen MR) is 70.1 cm³/mol. The van der Waals surface area contributed by atoms with Crippen molar-refractivity contribution in [3.05, 3.63) is 27.1 Å². The molecule has 2 rings (SSSR count). The molecule has 1 N–H and O–H groups in total. The van der Waals surface area contributed by atoms with Crippen molar-refractivity contribution in [2.45, 2.75) is 6.42 Å². The van der Waals surface area contributed by atoms with Crippen LogP contribution in [0.2, 0.25) is 0 Å². The molecular formula is C10H10BrFN2O4S. The van der Waals surface area contributed by atoms with Crippen LogP contribution in [0, 0.1) is 5.92 Å². The number of nitrogens with zero attached hydrogens (tertiary/aromatic N) is 1. The molecule has 0 aromatic carbocycles. The molecule has 19 heavy (non-hydrogen) atoms. The smallest absolute Gasteiger partial charge is 0.302 e.